The van der Waals surface area contributed by atoms with Gasteiger partial charge in [-0.1, -0.05) is 0 Å². The number of aryl methyl sites for hydroxylation is 2. The largest absolute Gasteiger partial charge is 0.328 e. The van der Waals surface area contributed by atoms with Crippen molar-refractivity contribution in [2.45, 2.75) is 0 Å². The Morgan fingerprint density at radius 1 is 0.913 bits per heavy atom. The Kier molecular flexibility index (Phi) is 3.61. The Labute approximate surface area is 131 Å². The van der Waals surface area contributed by atoms with Crippen molar-refractivity contribution in [1.29, 1.82) is 0 Å². The summed E-state index contributed by atoms with van der Waals surface area (Å²) in [6.07, 6.45) is 0. The Bertz CT molecular complexity index is 941. The lowest BCUT2D eigenvalue weighted by molar-refractivity contribution is 0.262. The molecular weight excluding hydrogens is 299 g/mol. The van der Waals surface area contributed by atoms with Gasteiger partial charge < -0.3 is 10.6 Å². The lowest BCUT2D eigenvalue weighted by Crippen LogP contribution is -2.19. The quantitative estimate of drug-likeness (QED) is 0.763. The van der Waals surface area contributed by atoms with Gasteiger partial charge in [0.2, 0.25) is 0 Å². The molecule has 3 aromatic rings. The van der Waals surface area contributed by atoms with Crippen LogP contribution >= 0.6 is 0 Å². The van der Waals surface area contributed by atoms with Gasteiger partial charge in [-0.05, 0) is 42.5 Å². The average molecular weight is 314 g/mol. The summed E-state index contributed by atoms with van der Waals surface area (Å²) in [5.41, 5.74) is 2.40. The molecule has 0 saturated heterocycles. The molecule has 1 heterocycles. The topological polar surface area (TPSA) is 68.1 Å². The van der Waals surface area contributed by atoms with Gasteiger partial charge in [-0.25, -0.2) is 14.0 Å². The minimum Gasteiger partial charge on any atom is -0.308 e. The van der Waals surface area contributed by atoms with E-state index in [2.05, 4.69) is 10.6 Å². The molecule has 0 atom stereocenters. The molecule has 0 spiro atoms. The number of rotatable bonds is 2. The number of urea groups is 1. The summed E-state index contributed by atoms with van der Waals surface area (Å²) in [6.45, 7) is 0. The number of carbonyl (C=O) groups excluding carboxylic acids is 1. The van der Waals surface area contributed by atoms with Crippen molar-refractivity contribution in [3.63, 3.8) is 0 Å². The number of amides is 2. The van der Waals surface area contributed by atoms with Crippen molar-refractivity contribution in [3.05, 3.63) is 58.8 Å². The van der Waals surface area contributed by atoms with E-state index in [1.54, 1.807) is 32.3 Å². The normalized spacial score (nSPS) is 10.7. The summed E-state index contributed by atoms with van der Waals surface area (Å²) in [7, 11) is 3.37. The number of hydrogen-bond donors (Lipinski definition) is 2. The van der Waals surface area contributed by atoms with Crippen LogP contribution in [-0.4, -0.2) is 15.2 Å². The van der Waals surface area contributed by atoms with Gasteiger partial charge in [-0.3, -0.25) is 9.13 Å². The van der Waals surface area contributed by atoms with Crippen LogP contribution in [0, 0.1) is 5.82 Å². The smallest absolute Gasteiger partial charge is 0.308 e. The second-order valence-corrected chi connectivity index (χ2v) is 5.19. The van der Waals surface area contributed by atoms with Crippen LogP contribution in [0.5, 0.6) is 0 Å². The number of aromatic nitrogens is 2. The molecule has 0 saturated carbocycles. The standard InChI is InChI=1S/C16H15FN4O2/c1-20-13-8-7-12(9-14(13)21(2)16(20)23)19-15(22)18-11-5-3-10(17)4-6-11/h3-9H,1-2H3,(H2,18,19,22). The number of imidazole rings is 1. The fourth-order valence-corrected chi connectivity index (χ4v) is 2.41. The third-order valence-electron chi connectivity index (χ3n) is 3.63. The summed E-state index contributed by atoms with van der Waals surface area (Å²) in [6, 6.07) is 10.2. The fraction of sp³-hybridized carbons (Fsp3) is 0.125. The number of carbonyl (C=O) groups is 1. The Balaban J connectivity index is 1.81. The number of anilines is 2. The molecule has 2 N–H and O–H groups in total. The molecule has 0 aliphatic heterocycles. The van der Waals surface area contributed by atoms with E-state index in [1.807, 2.05) is 0 Å². The molecule has 2 aromatic carbocycles. The zero-order valence-electron chi connectivity index (χ0n) is 12.6. The SMILES string of the molecule is Cn1c(=O)n(C)c2cc(NC(=O)Nc3ccc(F)cc3)ccc21. The third-order valence-corrected chi connectivity index (χ3v) is 3.63. The van der Waals surface area contributed by atoms with Crippen LogP contribution in [0.1, 0.15) is 0 Å². The molecule has 6 nitrogen and oxygen atoms in total. The summed E-state index contributed by atoms with van der Waals surface area (Å²) in [4.78, 5) is 23.9. The van der Waals surface area contributed by atoms with E-state index in [9.17, 15) is 14.0 Å². The molecule has 118 valence electrons. The van der Waals surface area contributed by atoms with Crippen molar-refractivity contribution in [1.82, 2.24) is 9.13 Å². The van der Waals surface area contributed by atoms with Crippen LogP contribution in [0.25, 0.3) is 11.0 Å². The molecule has 23 heavy (non-hydrogen) atoms. The van der Waals surface area contributed by atoms with Gasteiger partial charge >= 0.3 is 11.7 Å². The van der Waals surface area contributed by atoms with Crippen LogP contribution in [0.3, 0.4) is 0 Å². The maximum absolute atomic E-state index is 12.8. The first kappa shape index (κ1) is 14.8. The van der Waals surface area contributed by atoms with Crippen molar-refractivity contribution in [2.75, 3.05) is 10.6 Å². The summed E-state index contributed by atoms with van der Waals surface area (Å²) < 4.78 is 15.9. The maximum atomic E-state index is 12.8. The third kappa shape index (κ3) is 2.80. The van der Waals surface area contributed by atoms with Crippen LogP contribution < -0.4 is 16.3 Å². The predicted octanol–water partition coefficient (Wildman–Crippen LogP) is 2.66. The molecule has 0 aliphatic rings. The highest BCUT2D eigenvalue weighted by molar-refractivity contribution is 6.00. The second kappa shape index (κ2) is 5.60. The molecule has 3 rings (SSSR count). The van der Waals surface area contributed by atoms with Crippen LogP contribution in [0.2, 0.25) is 0 Å². The van der Waals surface area contributed by atoms with Gasteiger partial charge in [0, 0.05) is 25.5 Å². The van der Waals surface area contributed by atoms with Gasteiger partial charge in [-0.2, -0.15) is 0 Å². The Morgan fingerprint density at radius 3 is 2.17 bits per heavy atom. The molecule has 7 heteroatoms. The minimum absolute atomic E-state index is 0.132. The molecule has 1 aromatic heterocycles. The van der Waals surface area contributed by atoms with E-state index in [-0.39, 0.29) is 11.5 Å². The van der Waals surface area contributed by atoms with E-state index in [1.165, 1.54) is 33.4 Å². The predicted molar refractivity (Wildman–Crippen MR) is 87.2 cm³/mol. The van der Waals surface area contributed by atoms with Crippen LogP contribution in [0.4, 0.5) is 20.6 Å². The molecule has 2 amide bonds. The molecule has 0 unspecified atom stereocenters. The average Bonchev–Trinajstić information content (AvgIpc) is 2.74. The molecule has 0 bridgehead atoms. The highest BCUT2D eigenvalue weighted by Crippen LogP contribution is 2.18. The fourth-order valence-electron chi connectivity index (χ4n) is 2.41. The van der Waals surface area contributed by atoms with Gasteiger partial charge in [-0.15, -0.1) is 0 Å². The first-order chi connectivity index (χ1) is 11.0. The van der Waals surface area contributed by atoms with Gasteiger partial charge in [0.15, 0.2) is 0 Å². The highest BCUT2D eigenvalue weighted by atomic mass is 19.1. The first-order valence-corrected chi connectivity index (χ1v) is 6.95. The zero-order chi connectivity index (χ0) is 16.6. The van der Waals surface area contributed by atoms with Crippen molar-refractivity contribution in [3.8, 4) is 0 Å². The Hall–Kier alpha value is -3.09. The van der Waals surface area contributed by atoms with Crippen LogP contribution in [-0.2, 0) is 14.1 Å². The van der Waals surface area contributed by atoms with Crippen LogP contribution in [0.15, 0.2) is 47.3 Å². The maximum Gasteiger partial charge on any atom is 0.328 e. The number of hydrogen-bond acceptors (Lipinski definition) is 2. The molecule has 0 aliphatic carbocycles. The zero-order valence-corrected chi connectivity index (χ0v) is 12.6. The van der Waals surface area contributed by atoms with Gasteiger partial charge in [0.25, 0.3) is 0 Å². The first-order valence-electron chi connectivity index (χ1n) is 6.95. The van der Waals surface area contributed by atoms with E-state index >= 15 is 0 Å². The number of fused-ring (bicyclic) bond motifs is 1. The minimum atomic E-state index is -0.447. The highest BCUT2D eigenvalue weighted by Gasteiger charge is 2.09. The lowest BCUT2D eigenvalue weighted by atomic mass is 10.2. The van der Waals surface area contributed by atoms with Gasteiger partial charge in [0.1, 0.15) is 5.82 Å². The second-order valence-electron chi connectivity index (χ2n) is 5.19. The van der Waals surface area contributed by atoms with Crippen molar-refractivity contribution >= 4 is 28.4 Å². The number of benzene rings is 2. The van der Waals surface area contributed by atoms with E-state index < -0.39 is 6.03 Å². The monoisotopic (exact) mass is 314 g/mol. The molecular formula is C16H15FN4O2. The van der Waals surface area contributed by atoms with Crippen molar-refractivity contribution in [2.24, 2.45) is 14.1 Å². The number of halogens is 1. The summed E-state index contributed by atoms with van der Waals surface area (Å²) in [5, 5.41) is 5.29. The van der Waals surface area contributed by atoms with E-state index in [0.717, 1.165) is 11.0 Å². The Morgan fingerprint density at radius 2 is 1.48 bits per heavy atom. The summed E-state index contributed by atoms with van der Waals surface area (Å²) in [5.74, 6) is -0.369. The number of nitrogens with one attached hydrogen (secondary N) is 2. The van der Waals surface area contributed by atoms with E-state index in [0.29, 0.717) is 11.4 Å². The van der Waals surface area contributed by atoms with Crippen molar-refractivity contribution < 1.29 is 9.18 Å². The molecule has 0 fully saturated rings. The van der Waals surface area contributed by atoms with Gasteiger partial charge in [0.05, 0.1) is 11.0 Å². The lowest BCUT2D eigenvalue weighted by Gasteiger charge is -2.08. The van der Waals surface area contributed by atoms with E-state index in [4.69, 9.17) is 0 Å². The summed E-state index contributed by atoms with van der Waals surface area (Å²) >= 11 is 0. The molecule has 0 radical (unpaired) electrons. The number of nitrogens with zero attached hydrogens (tertiary/aromatic N) is 2.